The molecule has 0 aromatic carbocycles. The van der Waals surface area contributed by atoms with E-state index < -0.39 is 8.07 Å². The molecule has 4 aliphatic carbocycles. The maximum absolute atomic E-state index is 2.69. The van der Waals surface area contributed by atoms with Crippen LogP contribution in [0.5, 0.6) is 0 Å². The Morgan fingerprint density at radius 3 is 2.86 bits per heavy atom. The predicted octanol–water partition coefficient (Wildman–Crippen LogP) is 6.19. The van der Waals surface area contributed by atoms with Gasteiger partial charge in [0.2, 0.25) is 0 Å². The Morgan fingerprint density at radius 1 is 1.14 bits per heavy atom. The van der Waals surface area contributed by atoms with Crippen molar-refractivity contribution in [2.45, 2.75) is 56.3 Å². The Balaban J connectivity index is 1.53. The molecule has 1 fully saturated rings. The van der Waals surface area contributed by atoms with Gasteiger partial charge in [-0.05, 0) is 47.8 Å². The molecule has 4 aliphatic rings. The second kappa shape index (κ2) is 5.23. The Labute approximate surface area is 136 Å². The van der Waals surface area contributed by atoms with Crippen LogP contribution in [-0.4, -0.2) is 8.07 Å². The van der Waals surface area contributed by atoms with Crippen molar-refractivity contribution in [3.05, 3.63) is 60.3 Å². The molecule has 1 saturated carbocycles. The fourth-order valence-electron chi connectivity index (χ4n) is 5.46. The zero-order valence-corrected chi connectivity index (χ0v) is 15.0. The Morgan fingerprint density at radius 2 is 2.05 bits per heavy atom. The maximum atomic E-state index is 2.69. The number of hydrogen-bond donors (Lipinski definition) is 0. The summed E-state index contributed by atoms with van der Waals surface area (Å²) in [6.45, 7) is 5.37. The highest BCUT2D eigenvalue weighted by atomic mass is 28.3. The summed E-state index contributed by atoms with van der Waals surface area (Å²) >= 11 is 0. The van der Waals surface area contributed by atoms with E-state index in [4.69, 9.17) is 0 Å². The lowest BCUT2D eigenvalue weighted by atomic mass is 9.80. The van der Waals surface area contributed by atoms with Crippen LogP contribution in [0.15, 0.2) is 60.3 Å². The van der Waals surface area contributed by atoms with Crippen LogP contribution < -0.4 is 0 Å². The predicted molar refractivity (Wildman–Crippen MR) is 98.6 cm³/mol. The molecule has 1 spiro atoms. The molecule has 116 valence electrons. The molecule has 4 unspecified atom stereocenters. The highest BCUT2D eigenvalue weighted by Gasteiger charge is 2.49. The van der Waals surface area contributed by atoms with Crippen LogP contribution in [0.1, 0.15) is 32.1 Å². The Kier molecular flexibility index (Phi) is 3.45. The van der Waals surface area contributed by atoms with E-state index in [1.807, 2.05) is 0 Å². The van der Waals surface area contributed by atoms with Crippen molar-refractivity contribution in [1.29, 1.82) is 0 Å². The van der Waals surface area contributed by atoms with Gasteiger partial charge in [0, 0.05) is 5.92 Å². The molecular formula is C21H28Si. The largest absolute Gasteiger partial charge is 0.0837 e. The van der Waals surface area contributed by atoms with Gasteiger partial charge < -0.3 is 0 Å². The molecule has 0 saturated heterocycles. The molecule has 0 bridgehead atoms. The molecule has 4 rings (SSSR count). The molecule has 0 aliphatic heterocycles. The average Bonchev–Trinajstić information content (AvgIpc) is 3.13. The van der Waals surface area contributed by atoms with Crippen molar-refractivity contribution in [2.24, 2.45) is 11.3 Å². The lowest BCUT2D eigenvalue weighted by Crippen LogP contribution is -2.40. The third kappa shape index (κ3) is 2.25. The van der Waals surface area contributed by atoms with Gasteiger partial charge in [0.25, 0.3) is 0 Å². The van der Waals surface area contributed by atoms with Crippen LogP contribution in [0.2, 0.25) is 24.2 Å². The van der Waals surface area contributed by atoms with Crippen LogP contribution in [-0.2, 0) is 0 Å². The molecular weight excluding hydrogens is 280 g/mol. The summed E-state index contributed by atoms with van der Waals surface area (Å²) < 4.78 is 0. The minimum absolute atomic E-state index is 0.515. The van der Waals surface area contributed by atoms with Gasteiger partial charge >= 0.3 is 0 Å². The quantitative estimate of drug-likeness (QED) is 0.533. The molecule has 1 heteroatoms. The van der Waals surface area contributed by atoms with Crippen molar-refractivity contribution in [2.75, 3.05) is 0 Å². The van der Waals surface area contributed by atoms with Crippen molar-refractivity contribution in [1.82, 2.24) is 0 Å². The van der Waals surface area contributed by atoms with Crippen LogP contribution in [0.25, 0.3) is 0 Å². The lowest BCUT2D eigenvalue weighted by Gasteiger charge is -2.40. The second-order valence-corrected chi connectivity index (χ2v) is 13.6. The average molecular weight is 309 g/mol. The van der Waals surface area contributed by atoms with Gasteiger partial charge in [-0.15, -0.1) is 0 Å². The first kappa shape index (κ1) is 14.5. The van der Waals surface area contributed by atoms with Gasteiger partial charge in [0.1, 0.15) is 0 Å². The smallest absolute Gasteiger partial charge is 0.0548 e. The monoisotopic (exact) mass is 308 g/mol. The molecule has 0 heterocycles. The third-order valence-electron chi connectivity index (χ3n) is 7.02. The highest BCUT2D eigenvalue weighted by molar-refractivity contribution is 6.80. The van der Waals surface area contributed by atoms with Crippen LogP contribution in [0.4, 0.5) is 0 Å². The second-order valence-electron chi connectivity index (χ2n) is 8.43. The van der Waals surface area contributed by atoms with Gasteiger partial charge in [-0.2, -0.15) is 0 Å². The van der Waals surface area contributed by atoms with E-state index >= 15 is 0 Å². The molecule has 0 amide bonds. The van der Waals surface area contributed by atoms with Crippen molar-refractivity contribution < 1.29 is 0 Å². The van der Waals surface area contributed by atoms with Gasteiger partial charge in [-0.3, -0.25) is 0 Å². The lowest BCUT2D eigenvalue weighted by molar-refractivity contribution is 0.397. The van der Waals surface area contributed by atoms with E-state index in [1.54, 1.807) is 5.57 Å². The van der Waals surface area contributed by atoms with E-state index in [-0.39, 0.29) is 0 Å². The summed E-state index contributed by atoms with van der Waals surface area (Å²) in [4.78, 5) is 0. The molecule has 4 atom stereocenters. The van der Waals surface area contributed by atoms with E-state index in [9.17, 15) is 0 Å². The standard InChI is InChI=1S/C21H28Si/c1-22(2,20-11-10-17-8-4-5-9-19(17)20)18-12-15-21(16-18)13-6-3-7-14-21/h3-10,13,18-20H,11-12,14-16H2,1-2H3. The maximum Gasteiger partial charge on any atom is 0.0548 e. The van der Waals surface area contributed by atoms with Gasteiger partial charge in [0.15, 0.2) is 0 Å². The minimum atomic E-state index is -1.25. The summed E-state index contributed by atoms with van der Waals surface area (Å²) in [5.74, 6) is 0.727. The summed E-state index contributed by atoms with van der Waals surface area (Å²) in [6, 6.07) is 0. The first-order chi connectivity index (χ1) is 10.6. The van der Waals surface area contributed by atoms with Crippen LogP contribution in [0, 0.1) is 11.3 Å². The number of fused-ring (bicyclic) bond motifs is 1. The van der Waals surface area contributed by atoms with Crippen LogP contribution >= 0.6 is 0 Å². The van der Waals surface area contributed by atoms with Crippen LogP contribution in [0.3, 0.4) is 0 Å². The number of rotatable bonds is 2. The molecule has 22 heavy (non-hydrogen) atoms. The molecule has 0 N–H and O–H groups in total. The zero-order chi connectivity index (χ0) is 15.2. The first-order valence-electron chi connectivity index (χ1n) is 9.00. The normalized spacial score (nSPS) is 39.5. The topological polar surface area (TPSA) is 0 Å². The highest BCUT2D eigenvalue weighted by Crippen LogP contribution is 2.58. The summed E-state index contributed by atoms with van der Waals surface area (Å²) in [5, 5.41) is 0. The molecule has 0 aromatic rings. The first-order valence-corrected chi connectivity index (χ1v) is 12.2. The molecule has 0 nitrogen and oxygen atoms in total. The van der Waals surface area contributed by atoms with E-state index in [0.29, 0.717) is 5.41 Å². The Bertz CT molecular complexity index is 601. The number of hydrogen-bond acceptors (Lipinski definition) is 0. The fourth-order valence-corrected chi connectivity index (χ4v) is 9.84. The summed E-state index contributed by atoms with van der Waals surface area (Å²) in [6.07, 6.45) is 28.2. The Hall–Kier alpha value is -1.08. The summed E-state index contributed by atoms with van der Waals surface area (Å²) in [5.41, 5.74) is 4.04. The zero-order valence-electron chi connectivity index (χ0n) is 14.0. The van der Waals surface area contributed by atoms with Gasteiger partial charge in [-0.1, -0.05) is 74.2 Å². The van der Waals surface area contributed by atoms with E-state index in [0.717, 1.165) is 17.0 Å². The van der Waals surface area contributed by atoms with E-state index in [2.05, 4.69) is 67.8 Å². The number of allylic oxidation sites excluding steroid dienone is 10. The van der Waals surface area contributed by atoms with Crippen molar-refractivity contribution in [3.8, 4) is 0 Å². The van der Waals surface area contributed by atoms with E-state index in [1.165, 1.54) is 32.1 Å². The third-order valence-corrected chi connectivity index (χ3v) is 12.1. The fraction of sp³-hybridized carbons (Fsp3) is 0.524. The summed E-state index contributed by atoms with van der Waals surface area (Å²) in [7, 11) is -1.25. The van der Waals surface area contributed by atoms with Crippen molar-refractivity contribution in [3.63, 3.8) is 0 Å². The SMILES string of the molecule is C[Si](C)(C1CCC2(C=CC=CC2)C1)C1CC=C2C=CC=CC21. The van der Waals surface area contributed by atoms with Crippen molar-refractivity contribution >= 4 is 8.07 Å². The molecule has 0 aromatic heterocycles. The van der Waals surface area contributed by atoms with Gasteiger partial charge in [-0.25, -0.2) is 0 Å². The molecule has 0 radical (unpaired) electrons. The van der Waals surface area contributed by atoms with Gasteiger partial charge in [0.05, 0.1) is 8.07 Å². The minimum Gasteiger partial charge on any atom is -0.0837 e.